The lowest BCUT2D eigenvalue weighted by molar-refractivity contribution is -0.121. The maximum absolute atomic E-state index is 11.9. The molecule has 20 heavy (non-hydrogen) atoms. The van der Waals surface area contributed by atoms with E-state index in [0.29, 0.717) is 12.8 Å². The van der Waals surface area contributed by atoms with Crippen LogP contribution < -0.4 is 5.32 Å². The van der Waals surface area contributed by atoms with Gasteiger partial charge in [0.25, 0.3) is 0 Å². The first kappa shape index (κ1) is 14.3. The Hall–Kier alpha value is -2.11. The lowest BCUT2D eigenvalue weighted by Crippen LogP contribution is -2.35. The molecule has 0 spiro atoms. The number of hydrogen-bond donors (Lipinski definition) is 1. The number of nitrogens with one attached hydrogen (secondary N) is 1. The van der Waals surface area contributed by atoms with E-state index in [2.05, 4.69) is 15.5 Å². The van der Waals surface area contributed by atoms with Crippen molar-refractivity contribution in [3.8, 4) is 0 Å². The second-order valence-electron chi connectivity index (χ2n) is 5.03. The van der Waals surface area contributed by atoms with Gasteiger partial charge in [-0.15, -0.1) is 0 Å². The zero-order valence-electron chi connectivity index (χ0n) is 12.1. The van der Waals surface area contributed by atoms with Gasteiger partial charge in [-0.3, -0.25) is 4.79 Å². The molecule has 0 radical (unpaired) electrons. The Bertz CT molecular complexity index is 540. The number of nitrogens with zero attached hydrogens (tertiary/aromatic N) is 3. The van der Waals surface area contributed by atoms with E-state index in [0.717, 1.165) is 23.6 Å². The van der Waals surface area contributed by atoms with Gasteiger partial charge in [0.05, 0.1) is 12.0 Å². The normalized spacial score (nSPS) is 12.3. The van der Waals surface area contributed by atoms with E-state index in [9.17, 15) is 4.79 Å². The maximum Gasteiger partial charge on any atom is 0.220 e. The lowest BCUT2D eigenvalue weighted by atomic mass is 10.1. The quantitative estimate of drug-likeness (QED) is 0.870. The van der Waals surface area contributed by atoms with Crippen molar-refractivity contribution in [1.82, 2.24) is 20.0 Å². The molecule has 6 heteroatoms. The summed E-state index contributed by atoms with van der Waals surface area (Å²) < 4.78 is 7.03. The molecule has 2 aromatic heterocycles. The third-order valence-corrected chi connectivity index (χ3v) is 3.23. The van der Waals surface area contributed by atoms with E-state index in [1.807, 2.05) is 31.5 Å². The molecule has 0 aliphatic heterocycles. The number of carbonyl (C=O) groups excluding carboxylic acids is 1. The topological polar surface area (TPSA) is 73.0 Å². The molecule has 2 aromatic rings. The van der Waals surface area contributed by atoms with Crippen molar-refractivity contribution in [2.75, 3.05) is 0 Å². The number of aryl methyl sites for hydroxylation is 2. The highest BCUT2D eigenvalue weighted by Crippen LogP contribution is 2.14. The Labute approximate surface area is 118 Å². The zero-order valence-corrected chi connectivity index (χ0v) is 12.1. The Kier molecular flexibility index (Phi) is 4.55. The van der Waals surface area contributed by atoms with Crippen LogP contribution in [-0.4, -0.2) is 26.7 Å². The SMILES string of the molecule is Cc1noc(C)c1CCC(=O)N[C@@H](C)Cn1ccnc1. The lowest BCUT2D eigenvalue weighted by Gasteiger charge is -2.14. The van der Waals surface area contributed by atoms with Crippen LogP contribution in [0, 0.1) is 13.8 Å². The average Bonchev–Trinajstić information content (AvgIpc) is 2.98. The Morgan fingerprint density at radius 3 is 2.90 bits per heavy atom. The van der Waals surface area contributed by atoms with Gasteiger partial charge < -0.3 is 14.4 Å². The average molecular weight is 276 g/mol. The second kappa shape index (κ2) is 6.36. The predicted octanol–water partition coefficient (Wildman–Crippen LogP) is 1.63. The van der Waals surface area contributed by atoms with E-state index in [-0.39, 0.29) is 11.9 Å². The van der Waals surface area contributed by atoms with Crippen LogP contribution in [0.2, 0.25) is 0 Å². The van der Waals surface area contributed by atoms with Crippen molar-refractivity contribution in [2.45, 2.75) is 46.2 Å². The van der Waals surface area contributed by atoms with E-state index >= 15 is 0 Å². The van der Waals surface area contributed by atoms with Crippen LogP contribution in [0.4, 0.5) is 0 Å². The molecular weight excluding hydrogens is 256 g/mol. The smallest absolute Gasteiger partial charge is 0.220 e. The van der Waals surface area contributed by atoms with E-state index < -0.39 is 0 Å². The third-order valence-electron chi connectivity index (χ3n) is 3.23. The van der Waals surface area contributed by atoms with Crippen molar-refractivity contribution in [1.29, 1.82) is 0 Å². The van der Waals surface area contributed by atoms with Crippen molar-refractivity contribution in [2.24, 2.45) is 0 Å². The van der Waals surface area contributed by atoms with Gasteiger partial charge in [-0.2, -0.15) is 0 Å². The number of hydrogen-bond acceptors (Lipinski definition) is 4. The third kappa shape index (κ3) is 3.69. The molecule has 1 atom stereocenters. The monoisotopic (exact) mass is 276 g/mol. The minimum atomic E-state index is 0.0395. The summed E-state index contributed by atoms with van der Waals surface area (Å²) in [5.74, 6) is 0.833. The summed E-state index contributed by atoms with van der Waals surface area (Å²) in [6.45, 7) is 6.46. The van der Waals surface area contributed by atoms with Gasteiger partial charge in [-0.05, 0) is 27.2 Å². The number of aromatic nitrogens is 3. The van der Waals surface area contributed by atoms with Gasteiger partial charge in [0.15, 0.2) is 0 Å². The predicted molar refractivity (Wildman–Crippen MR) is 74.1 cm³/mol. The zero-order chi connectivity index (χ0) is 14.5. The first-order chi connectivity index (χ1) is 9.56. The van der Waals surface area contributed by atoms with Crippen molar-refractivity contribution < 1.29 is 9.32 Å². The molecular formula is C14H20N4O2. The minimum absolute atomic E-state index is 0.0395. The molecule has 0 aliphatic rings. The summed E-state index contributed by atoms with van der Waals surface area (Å²) in [5, 5.41) is 6.87. The number of imidazole rings is 1. The largest absolute Gasteiger partial charge is 0.361 e. The molecule has 1 N–H and O–H groups in total. The fourth-order valence-electron chi connectivity index (χ4n) is 2.20. The molecule has 0 saturated heterocycles. The summed E-state index contributed by atoms with van der Waals surface area (Å²) in [7, 11) is 0. The molecule has 0 aromatic carbocycles. The molecule has 0 fully saturated rings. The van der Waals surface area contributed by atoms with Crippen molar-refractivity contribution in [3.63, 3.8) is 0 Å². The Balaban J connectivity index is 1.78. The van der Waals surface area contributed by atoms with Crippen LogP contribution >= 0.6 is 0 Å². The van der Waals surface area contributed by atoms with Gasteiger partial charge in [0.2, 0.25) is 5.91 Å². The Morgan fingerprint density at radius 2 is 2.30 bits per heavy atom. The highest BCUT2D eigenvalue weighted by atomic mass is 16.5. The van der Waals surface area contributed by atoms with Crippen LogP contribution in [0.5, 0.6) is 0 Å². The van der Waals surface area contributed by atoms with E-state index in [4.69, 9.17) is 4.52 Å². The minimum Gasteiger partial charge on any atom is -0.361 e. The fraction of sp³-hybridized carbons (Fsp3) is 0.500. The van der Waals surface area contributed by atoms with Crippen LogP contribution in [0.1, 0.15) is 30.4 Å². The van der Waals surface area contributed by atoms with Gasteiger partial charge in [-0.1, -0.05) is 5.16 Å². The van der Waals surface area contributed by atoms with Gasteiger partial charge in [0, 0.05) is 37.0 Å². The van der Waals surface area contributed by atoms with Gasteiger partial charge >= 0.3 is 0 Å². The highest BCUT2D eigenvalue weighted by molar-refractivity contribution is 5.76. The summed E-state index contributed by atoms with van der Waals surface area (Å²) in [5.41, 5.74) is 1.89. The molecule has 0 unspecified atom stereocenters. The van der Waals surface area contributed by atoms with E-state index in [1.54, 1.807) is 12.5 Å². The fourth-order valence-corrected chi connectivity index (χ4v) is 2.20. The van der Waals surface area contributed by atoms with E-state index in [1.165, 1.54) is 0 Å². The standard InChI is InChI=1S/C14H20N4O2/c1-10(8-18-7-6-15-9-18)16-14(19)5-4-13-11(2)17-20-12(13)3/h6-7,9-10H,4-5,8H2,1-3H3,(H,16,19)/t10-/m0/s1. The van der Waals surface area contributed by atoms with Crippen LogP contribution in [-0.2, 0) is 17.8 Å². The Morgan fingerprint density at radius 1 is 1.50 bits per heavy atom. The summed E-state index contributed by atoms with van der Waals surface area (Å²) in [4.78, 5) is 15.9. The molecule has 1 amide bonds. The molecule has 2 heterocycles. The first-order valence-corrected chi connectivity index (χ1v) is 6.73. The number of carbonyl (C=O) groups is 1. The number of rotatable bonds is 6. The van der Waals surface area contributed by atoms with Crippen LogP contribution in [0.15, 0.2) is 23.2 Å². The molecule has 2 rings (SSSR count). The maximum atomic E-state index is 11.9. The number of amides is 1. The first-order valence-electron chi connectivity index (χ1n) is 6.73. The second-order valence-corrected chi connectivity index (χ2v) is 5.03. The summed E-state index contributed by atoms with van der Waals surface area (Å²) in [6, 6.07) is 0.0707. The van der Waals surface area contributed by atoms with Gasteiger partial charge in [-0.25, -0.2) is 4.98 Å². The van der Waals surface area contributed by atoms with Crippen LogP contribution in [0.25, 0.3) is 0 Å². The van der Waals surface area contributed by atoms with Crippen molar-refractivity contribution >= 4 is 5.91 Å². The molecule has 0 aliphatic carbocycles. The summed E-state index contributed by atoms with van der Waals surface area (Å²) >= 11 is 0. The van der Waals surface area contributed by atoms with Gasteiger partial charge in [0.1, 0.15) is 5.76 Å². The molecule has 108 valence electrons. The summed E-state index contributed by atoms with van der Waals surface area (Å²) in [6.07, 6.45) is 6.45. The van der Waals surface area contributed by atoms with Crippen molar-refractivity contribution in [3.05, 3.63) is 35.7 Å². The highest BCUT2D eigenvalue weighted by Gasteiger charge is 2.12. The molecule has 6 nitrogen and oxygen atoms in total. The molecule has 0 bridgehead atoms. The molecule has 0 saturated carbocycles. The van der Waals surface area contributed by atoms with Crippen LogP contribution in [0.3, 0.4) is 0 Å².